The Morgan fingerprint density at radius 3 is 2.65 bits per heavy atom. The lowest BCUT2D eigenvalue weighted by Crippen LogP contribution is -2.38. The number of nitrogens with one attached hydrogen (secondary N) is 1. The Labute approximate surface area is 110 Å². The summed E-state index contributed by atoms with van der Waals surface area (Å²) in [6.07, 6.45) is 3.94. The predicted octanol–water partition coefficient (Wildman–Crippen LogP) is 3.91. The van der Waals surface area contributed by atoms with Crippen molar-refractivity contribution in [3.63, 3.8) is 0 Å². The summed E-state index contributed by atoms with van der Waals surface area (Å²) >= 11 is 6.02. The van der Waals surface area contributed by atoms with Gasteiger partial charge in [0.25, 0.3) is 0 Å². The zero-order valence-electron chi connectivity index (χ0n) is 10.7. The molecule has 17 heavy (non-hydrogen) atoms. The van der Waals surface area contributed by atoms with Gasteiger partial charge in [-0.2, -0.15) is 0 Å². The van der Waals surface area contributed by atoms with Crippen molar-refractivity contribution in [2.75, 3.05) is 6.54 Å². The molecule has 0 spiro atoms. The van der Waals surface area contributed by atoms with Gasteiger partial charge in [0.05, 0.1) is 0 Å². The average Bonchev–Trinajstić information content (AvgIpc) is 2.24. The molecule has 1 aromatic carbocycles. The van der Waals surface area contributed by atoms with Gasteiger partial charge in [0, 0.05) is 11.1 Å². The van der Waals surface area contributed by atoms with E-state index in [4.69, 9.17) is 11.6 Å². The minimum Gasteiger partial charge on any atom is -0.314 e. The first-order valence-corrected chi connectivity index (χ1v) is 7.01. The molecular weight excluding hydrogens is 230 g/mol. The Bertz CT molecular complexity index is 362. The molecule has 0 heterocycles. The monoisotopic (exact) mass is 251 g/mol. The first-order valence-electron chi connectivity index (χ1n) is 6.63. The van der Waals surface area contributed by atoms with Crippen molar-refractivity contribution in [2.24, 2.45) is 11.8 Å². The van der Waals surface area contributed by atoms with Crippen LogP contribution in [0.2, 0.25) is 5.02 Å². The van der Waals surface area contributed by atoms with Crippen molar-refractivity contribution in [3.05, 3.63) is 34.9 Å². The fraction of sp³-hybridized carbons (Fsp3) is 0.600. The van der Waals surface area contributed by atoms with Crippen molar-refractivity contribution in [1.82, 2.24) is 5.32 Å². The number of hydrogen-bond donors (Lipinski definition) is 1. The zero-order chi connectivity index (χ0) is 12.3. The molecule has 1 fully saturated rings. The van der Waals surface area contributed by atoms with E-state index in [9.17, 15) is 0 Å². The summed E-state index contributed by atoms with van der Waals surface area (Å²) in [5.74, 6) is 1.70. The molecule has 0 radical (unpaired) electrons. The molecule has 2 rings (SSSR count). The second-order valence-corrected chi connectivity index (χ2v) is 5.93. The lowest BCUT2D eigenvalue weighted by atomic mass is 9.70. The third-order valence-corrected chi connectivity index (χ3v) is 3.99. The van der Waals surface area contributed by atoms with Crippen LogP contribution in [0.25, 0.3) is 0 Å². The van der Waals surface area contributed by atoms with Crippen LogP contribution in [-0.4, -0.2) is 12.6 Å². The highest BCUT2D eigenvalue weighted by Gasteiger charge is 2.30. The molecule has 0 bridgehead atoms. The van der Waals surface area contributed by atoms with E-state index < -0.39 is 0 Å². The van der Waals surface area contributed by atoms with Gasteiger partial charge in [0.1, 0.15) is 0 Å². The first-order chi connectivity index (χ1) is 8.15. The van der Waals surface area contributed by atoms with Crippen LogP contribution in [0.5, 0.6) is 0 Å². The standard InChI is InChI=1S/C15H22ClN/c1-11(2)17-10-14-7-6-13(14)8-12-4-3-5-15(16)9-12/h3-5,9,11,13-14,17H,6-8,10H2,1-2H3. The highest BCUT2D eigenvalue weighted by Crippen LogP contribution is 2.36. The van der Waals surface area contributed by atoms with Crippen molar-refractivity contribution in [3.8, 4) is 0 Å². The van der Waals surface area contributed by atoms with Crippen LogP contribution in [0, 0.1) is 11.8 Å². The van der Waals surface area contributed by atoms with Gasteiger partial charge in [-0.25, -0.2) is 0 Å². The van der Waals surface area contributed by atoms with Crippen molar-refractivity contribution in [1.29, 1.82) is 0 Å². The smallest absolute Gasteiger partial charge is 0.0408 e. The summed E-state index contributed by atoms with van der Waals surface area (Å²) in [6.45, 7) is 5.60. The van der Waals surface area contributed by atoms with Gasteiger partial charge in [0.15, 0.2) is 0 Å². The molecule has 2 unspecified atom stereocenters. The second-order valence-electron chi connectivity index (χ2n) is 5.49. The molecule has 0 amide bonds. The number of benzene rings is 1. The Balaban J connectivity index is 1.83. The lowest BCUT2D eigenvalue weighted by molar-refractivity contribution is 0.168. The van der Waals surface area contributed by atoms with E-state index in [1.165, 1.54) is 31.4 Å². The molecule has 1 aromatic rings. The van der Waals surface area contributed by atoms with Crippen LogP contribution in [0.4, 0.5) is 0 Å². The average molecular weight is 252 g/mol. The Morgan fingerprint density at radius 2 is 2.06 bits per heavy atom. The van der Waals surface area contributed by atoms with Gasteiger partial charge in [-0.05, 0) is 55.3 Å². The zero-order valence-corrected chi connectivity index (χ0v) is 11.5. The summed E-state index contributed by atoms with van der Waals surface area (Å²) in [5.41, 5.74) is 1.39. The Morgan fingerprint density at radius 1 is 1.29 bits per heavy atom. The predicted molar refractivity (Wildman–Crippen MR) is 74.5 cm³/mol. The maximum atomic E-state index is 6.02. The topological polar surface area (TPSA) is 12.0 Å². The molecule has 1 nitrogen and oxygen atoms in total. The molecule has 0 saturated heterocycles. The van der Waals surface area contributed by atoms with Gasteiger partial charge in [-0.3, -0.25) is 0 Å². The lowest BCUT2D eigenvalue weighted by Gasteiger charge is -2.37. The van der Waals surface area contributed by atoms with Crippen molar-refractivity contribution in [2.45, 2.75) is 39.2 Å². The summed E-state index contributed by atoms with van der Waals surface area (Å²) in [6, 6.07) is 8.90. The minimum absolute atomic E-state index is 0.599. The molecule has 2 atom stereocenters. The molecule has 1 saturated carbocycles. The highest BCUT2D eigenvalue weighted by molar-refractivity contribution is 6.30. The van der Waals surface area contributed by atoms with Gasteiger partial charge in [-0.15, -0.1) is 0 Å². The molecule has 0 aromatic heterocycles. The second kappa shape index (κ2) is 5.88. The Kier molecular flexibility index (Phi) is 4.47. The van der Waals surface area contributed by atoms with Crippen LogP contribution in [0.1, 0.15) is 32.3 Å². The minimum atomic E-state index is 0.599. The van der Waals surface area contributed by atoms with E-state index >= 15 is 0 Å². The normalized spacial score (nSPS) is 23.8. The largest absolute Gasteiger partial charge is 0.314 e. The number of halogens is 1. The van der Waals surface area contributed by atoms with Gasteiger partial charge in [0.2, 0.25) is 0 Å². The Hall–Kier alpha value is -0.530. The summed E-state index contributed by atoms with van der Waals surface area (Å²) in [4.78, 5) is 0. The molecule has 94 valence electrons. The van der Waals surface area contributed by atoms with Crippen molar-refractivity contribution >= 4 is 11.6 Å². The molecule has 1 aliphatic carbocycles. The molecular formula is C15H22ClN. The summed E-state index contributed by atoms with van der Waals surface area (Å²) in [5, 5.41) is 4.41. The number of hydrogen-bond acceptors (Lipinski definition) is 1. The van der Waals surface area contributed by atoms with Crippen LogP contribution < -0.4 is 5.32 Å². The third kappa shape index (κ3) is 3.72. The van der Waals surface area contributed by atoms with E-state index in [2.05, 4.69) is 37.4 Å². The van der Waals surface area contributed by atoms with E-state index in [1.807, 2.05) is 6.07 Å². The highest BCUT2D eigenvalue weighted by atomic mass is 35.5. The molecule has 2 heteroatoms. The van der Waals surface area contributed by atoms with Crippen LogP contribution in [-0.2, 0) is 6.42 Å². The third-order valence-electron chi connectivity index (χ3n) is 3.75. The van der Waals surface area contributed by atoms with Gasteiger partial charge >= 0.3 is 0 Å². The van der Waals surface area contributed by atoms with Crippen LogP contribution in [0.15, 0.2) is 24.3 Å². The van der Waals surface area contributed by atoms with E-state index in [1.54, 1.807) is 0 Å². The molecule has 1 aliphatic rings. The first kappa shape index (κ1) is 12.9. The SMILES string of the molecule is CC(C)NCC1CCC1Cc1cccc(Cl)c1. The van der Waals surface area contributed by atoms with E-state index in [0.29, 0.717) is 6.04 Å². The fourth-order valence-corrected chi connectivity index (χ4v) is 2.74. The van der Waals surface area contributed by atoms with Crippen LogP contribution >= 0.6 is 11.6 Å². The molecule has 0 aliphatic heterocycles. The maximum Gasteiger partial charge on any atom is 0.0408 e. The van der Waals surface area contributed by atoms with Gasteiger partial charge in [-0.1, -0.05) is 37.6 Å². The summed E-state index contributed by atoms with van der Waals surface area (Å²) < 4.78 is 0. The fourth-order valence-electron chi connectivity index (χ4n) is 2.53. The van der Waals surface area contributed by atoms with Gasteiger partial charge < -0.3 is 5.32 Å². The maximum absolute atomic E-state index is 6.02. The van der Waals surface area contributed by atoms with E-state index in [-0.39, 0.29) is 0 Å². The quantitative estimate of drug-likeness (QED) is 0.837. The number of rotatable bonds is 5. The van der Waals surface area contributed by atoms with E-state index in [0.717, 1.165) is 16.9 Å². The summed E-state index contributed by atoms with van der Waals surface area (Å²) in [7, 11) is 0. The van der Waals surface area contributed by atoms with Crippen molar-refractivity contribution < 1.29 is 0 Å². The molecule has 1 N–H and O–H groups in total. The van der Waals surface area contributed by atoms with Crippen LogP contribution in [0.3, 0.4) is 0 Å².